The van der Waals surface area contributed by atoms with E-state index in [1.807, 2.05) is 24.3 Å². The van der Waals surface area contributed by atoms with Crippen LogP contribution in [0.4, 0.5) is 0 Å². The van der Waals surface area contributed by atoms with Gasteiger partial charge in [0.15, 0.2) is 0 Å². The molecule has 1 aliphatic rings. The van der Waals surface area contributed by atoms with Crippen LogP contribution in [0.5, 0.6) is 0 Å². The summed E-state index contributed by atoms with van der Waals surface area (Å²) in [6.45, 7) is 13.6. The lowest BCUT2D eigenvalue weighted by atomic mass is 10.1. The summed E-state index contributed by atoms with van der Waals surface area (Å²) in [6, 6.07) is 41.7. The molecule has 5 nitrogen and oxygen atoms in total. The van der Waals surface area contributed by atoms with Crippen LogP contribution in [0.15, 0.2) is 121 Å². The fraction of sp³-hybridized carbons (Fsp3) is 0.368. The van der Waals surface area contributed by atoms with Gasteiger partial charge in [-0.3, -0.25) is 0 Å². The molecule has 0 bridgehead atoms. The fourth-order valence-electron chi connectivity index (χ4n) is 7.04. The molecule has 0 unspecified atom stereocenters. The second-order valence-corrected chi connectivity index (χ2v) is 22.8. The zero-order chi connectivity index (χ0) is 32.3. The van der Waals surface area contributed by atoms with Gasteiger partial charge in [-0.2, -0.15) is 0 Å². The molecule has 238 valence electrons. The number of aliphatic hydroxyl groups is 2. The summed E-state index contributed by atoms with van der Waals surface area (Å²) in [4.78, 5) is 0. The van der Waals surface area contributed by atoms with E-state index in [4.69, 9.17) is 13.6 Å². The summed E-state index contributed by atoms with van der Waals surface area (Å²) >= 11 is 0. The first-order valence-electron chi connectivity index (χ1n) is 15.9. The molecule has 0 radical (unpaired) electrons. The first kappa shape index (κ1) is 33.5. The van der Waals surface area contributed by atoms with Gasteiger partial charge >= 0.3 is 0 Å². The average Bonchev–Trinajstić information content (AvgIpc) is 3.30. The Bertz CT molecular complexity index is 1290. The summed E-state index contributed by atoms with van der Waals surface area (Å²) in [5, 5.41) is 26.8. The first-order valence-corrected chi connectivity index (χ1v) is 19.7. The zero-order valence-corrected chi connectivity index (χ0v) is 29.4. The van der Waals surface area contributed by atoms with Gasteiger partial charge in [-0.05, 0) is 30.8 Å². The Balaban J connectivity index is 1.42. The minimum atomic E-state index is -2.85. The monoisotopic (exact) mass is 640 g/mol. The molecule has 1 saturated heterocycles. The topological polar surface area (TPSA) is 68.2 Å². The summed E-state index contributed by atoms with van der Waals surface area (Å²) in [7, 11) is -5.70. The number of rotatable bonds is 10. The molecule has 1 aliphatic heterocycles. The van der Waals surface area contributed by atoms with Crippen LogP contribution < -0.4 is 20.7 Å². The Morgan fingerprint density at radius 1 is 0.489 bits per heavy atom. The van der Waals surface area contributed by atoms with Crippen LogP contribution >= 0.6 is 0 Å². The lowest BCUT2D eigenvalue weighted by molar-refractivity contribution is -0.0340. The smallest absolute Gasteiger partial charge is 0.261 e. The molecule has 5 rings (SSSR count). The quantitative estimate of drug-likeness (QED) is 0.248. The Labute approximate surface area is 271 Å². The summed E-state index contributed by atoms with van der Waals surface area (Å²) < 4.78 is 20.6. The van der Waals surface area contributed by atoms with Crippen molar-refractivity contribution in [1.82, 2.24) is 0 Å². The van der Waals surface area contributed by atoms with Crippen molar-refractivity contribution in [3.63, 3.8) is 0 Å². The van der Waals surface area contributed by atoms with Crippen LogP contribution in [0.1, 0.15) is 41.5 Å². The van der Waals surface area contributed by atoms with Crippen molar-refractivity contribution in [2.75, 3.05) is 13.2 Å². The highest BCUT2D eigenvalue weighted by Gasteiger charge is 2.54. The highest BCUT2D eigenvalue weighted by molar-refractivity contribution is 7.00. The molecule has 0 aliphatic carbocycles. The molecule has 4 aromatic rings. The summed E-state index contributed by atoms with van der Waals surface area (Å²) in [6.07, 6.45) is -3.60. The van der Waals surface area contributed by atoms with Crippen molar-refractivity contribution in [1.29, 1.82) is 0 Å². The van der Waals surface area contributed by atoms with Gasteiger partial charge in [0, 0.05) is 0 Å². The van der Waals surface area contributed by atoms with Gasteiger partial charge < -0.3 is 23.8 Å². The Morgan fingerprint density at radius 3 is 0.956 bits per heavy atom. The van der Waals surface area contributed by atoms with E-state index < -0.39 is 41.1 Å². The van der Waals surface area contributed by atoms with E-state index in [0.717, 1.165) is 20.7 Å². The average molecular weight is 641 g/mol. The van der Waals surface area contributed by atoms with E-state index in [-0.39, 0.29) is 23.3 Å². The minimum absolute atomic E-state index is 0.154. The van der Waals surface area contributed by atoms with Crippen molar-refractivity contribution in [2.45, 2.75) is 76.0 Å². The normalized spacial score (nSPS) is 21.2. The molecule has 45 heavy (non-hydrogen) atoms. The number of ether oxygens (including phenoxy) is 1. The first-order chi connectivity index (χ1) is 21.4. The molecule has 0 amide bonds. The second kappa shape index (κ2) is 13.5. The van der Waals surface area contributed by atoms with Crippen molar-refractivity contribution >= 4 is 37.4 Å². The standard InChI is InChI=1S/C38H48O5Si2/c1-37(2,3)44(29-19-11-7-12-20-29,30-21-13-8-14-22-30)41-27-33-35(39)36(40)34(43-33)28-42-45(38(4,5)6,31-23-15-9-16-24-31)32-25-17-10-18-26-32/h7-26,33-36,39-40H,27-28H2,1-6H3/t33-,34-,35-,36-/m1/s1. The van der Waals surface area contributed by atoms with Crippen molar-refractivity contribution in [3.8, 4) is 0 Å². The van der Waals surface area contributed by atoms with Crippen LogP contribution in [0.25, 0.3) is 0 Å². The molecule has 7 heteroatoms. The van der Waals surface area contributed by atoms with E-state index in [1.54, 1.807) is 0 Å². The number of hydrogen-bond acceptors (Lipinski definition) is 5. The molecule has 1 fully saturated rings. The maximum Gasteiger partial charge on any atom is 0.261 e. The maximum atomic E-state index is 11.3. The highest BCUT2D eigenvalue weighted by Crippen LogP contribution is 2.39. The fourth-order valence-corrected chi connectivity index (χ4v) is 16.2. The van der Waals surface area contributed by atoms with E-state index in [1.165, 1.54) is 0 Å². The summed E-state index contributed by atoms with van der Waals surface area (Å²) in [5.41, 5.74) is 0. The molecular formula is C38H48O5Si2. The van der Waals surface area contributed by atoms with Gasteiger partial charge in [-0.25, -0.2) is 0 Å². The predicted molar refractivity (Wildman–Crippen MR) is 188 cm³/mol. The third-order valence-electron chi connectivity index (χ3n) is 9.22. The van der Waals surface area contributed by atoms with Gasteiger partial charge in [-0.15, -0.1) is 0 Å². The molecule has 1 heterocycles. The minimum Gasteiger partial charge on any atom is -0.405 e. The van der Waals surface area contributed by atoms with E-state index >= 15 is 0 Å². The van der Waals surface area contributed by atoms with Crippen LogP contribution in [-0.4, -0.2) is 64.5 Å². The Kier molecular flexibility index (Phi) is 10.0. The van der Waals surface area contributed by atoms with Crippen LogP contribution in [-0.2, 0) is 13.6 Å². The molecule has 4 aromatic carbocycles. The Hall–Kier alpha value is -2.89. The summed E-state index contributed by atoms with van der Waals surface area (Å²) in [5.74, 6) is 0. The number of hydrogen-bond donors (Lipinski definition) is 2. The molecule has 4 atom stereocenters. The number of benzene rings is 4. The maximum absolute atomic E-state index is 11.3. The van der Waals surface area contributed by atoms with Gasteiger partial charge in [0.1, 0.15) is 24.4 Å². The lowest BCUT2D eigenvalue weighted by Gasteiger charge is -2.44. The van der Waals surface area contributed by atoms with Crippen molar-refractivity contribution in [3.05, 3.63) is 121 Å². The zero-order valence-electron chi connectivity index (χ0n) is 27.4. The van der Waals surface area contributed by atoms with E-state index in [0.29, 0.717) is 0 Å². The van der Waals surface area contributed by atoms with Crippen LogP contribution in [0.3, 0.4) is 0 Å². The van der Waals surface area contributed by atoms with Gasteiger partial charge in [0.2, 0.25) is 0 Å². The predicted octanol–water partition coefficient (Wildman–Crippen LogP) is 4.63. The Morgan fingerprint density at radius 2 is 0.733 bits per heavy atom. The number of aliphatic hydroxyl groups excluding tert-OH is 2. The van der Waals surface area contributed by atoms with Gasteiger partial charge in [-0.1, -0.05) is 163 Å². The third-order valence-corrected chi connectivity index (χ3v) is 19.2. The molecule has 2 N–H and O–H groups in total. The van der Waals surface area contributed by atoms with E-state index in [9.17, 15) is 10.2 Å². The van der Waals surface area contributed by atoms with Gasteiger partial charge in [0.05, 0.1) is 13.2 Å². The SMILES string of the molecule is CC(C)(C)[Si](OC[C@H]1O[C@H](CO[Si](c2ccccc2)(c2ccccc2)C(C)(C)C)[C@@H](O)[C@@H]1O)(c1ccccc1)c1ccccc1. The van der Waals surface area contributed by atoms with Crippen LogP contribution in [0, 0.1) is 0 Å². The largest absolute Gasteiger partial charge is 0.405 e. The molecule has 0 spiro atoms. The van der Waals surface area contributed by atoms with Crippen molar-refractivity contribution < 1.29 is 23.8 Å². The molecule has 0 aromatic heterocycles. The van der Waals surface area contributed by atoms with Crippen molar-refractivity contribution in [2.24, 2.45) is 0 Å². The molecular weight excluding hydrogens is 593 g/mol. The van der Waals surface area contributed by atoms with E-state index in [2.05, 4.69) is 139 Å². The van der Waals surface area contributed by atoms with Crippen LogP contribution in [0.2, 0.25) is 10.1 Å². The highest BCUT2D eigenvalue weighted by atomic mass is 28.4. The third kappa shape index (κ3) is 6.40. The second-order valence-electron chi connectivity index (χ2n) is 14.1. The van der Waals surface area contributed by atoms with Gasteiger partial charge in [0.25, 0.3) is 16.6 Å². The molecule has 0 saturated carbocycles. The lowest BCUT2D eigenvalue weighted by Crippen LogP contribution is -2.67.